The normalized spacial score (nSPS) is 23.3. The second kappa shape index (κ2) is 8.82. The summed E-state index contributed by atoms with van der Waals surface area (Å²) in [6, 6.07) is 7.47. The number of benzene rings is 1. The van der Waals surface area contributed by atoms with Gasteiger partial charge in [-0.05, 0) is 49.9 Å². The third kappa shape index (κ3) is 4.58. The van der Waals surface area contributed by atoms with Crippen molar-refractivity contribution in [3.63, 3.8) is 0 Å². The van der Waals surface area contributed by atoms with Gasteiger partial charge >= 0.3 is 6.03 Å². The van der Waals surface area contributed by atoms with Crippen molar-refractivity contribution < 1.29 is 19.1 Å². The Morgan fingerprint density at radius 3 is 2.57 bits per heavy atom. The van der Waals surface area contributed by atoms with E-state index in [0.717, 1.165) is 38.0 Å². The van der Waals surface area contributed by atoms with Crippen molar-refractivity contribution in [2.45, 2.75) is 50.7 Å². The van der Waals surface area contributed by atoms with Crippen molar-refractivity contribution >= 4 is 17.6 Å². The lowest BCUT2D eigenvalue weighted by atomic mass is 10.2. The molecule has 1 aliphatic carbocycles. The molecule has 7 nitrogen and oxygen atoms in total. The van der Waals surface area contributed by atoms with E-state index in [9.17, 15) is 9.59 Å². The maximum absolute atomic E-state index is 12.5. The fourth-order valence-corrected chi connectivity index (χ4v) is 4.26. The highest BCUT2D eigenvalue weighted by molar-refractivity contribution is 5.93. The summed E-state index contributed by atoms with van der Waals surface area (Å²) in [6.07, 6.45) is 6.91. The Morgan fingerprint density at radius 2 is 1.89 bits per heavy atom. The van der Waals surface area contributed by atoms with Crippen LogP contribution in [-0.2, 0) is 9.53 Å². The summed E-state index contributed by atoms with van der Waals surface area (Å²) in [5.74, 6) is 0.819. The van der Waals surface area contributed by atoms with Gasteiger partial charge in [0.1, 0.15) is 18.9 Å². The monoisotopic (exact) mass is 387 g/mol. The van der Waals surface area contributed by atoms with Crippen LogP contribution in [0.3, 0.4) is 0 Å². The number of urea groups is 1. The van der Waals surface area contributed by atoms with Crippen LogP contribution in [0.1, 0.15) is 38.5 Å². The molecule has 0 spiro atoms. The fraction of sp³-hybridized carbons (Fsp3) is 0.619. The molecule has 0 aromatic heterocycles. The smallest absolute Gasteiger partial charge is 0.322 e. The third-order valence-electron chi connectivity index (χ3n) is 5.88. The Hall–Kier alpha value is -2.28. The maximum Gasteiger partial charge on any atom is 0.322 e. The van der Waals surface area contributed by atoms with E-state index in [4.69, 9.17) is 9.47 Å². The van der Waals surface area contributed by atoms with Gasteiger partial charge in [0.2, 0.25) is 5.91 Å². The molecule has 2 saturated heterocycles. The second-order valence-electron chi connectivity index (χ2n) is 7.85. The summed E-state index contributed by atoms with van der Waals surface area (Å²) in [5, 5.41) is 2.88. The van der Waals surface area contributed by atoms with Crippen molar-refractivity contribution in [1.82, 2.24) is 9.80 Å². The number of hydrogen-bond donors (Lipinski definition) is 1. The summed E-state index contributed by atoms with van der Waals surface area (Å²) in [5.41, 5.74) is 0.695. The molecule has 3 amide bonds. The van der Waals surface area contributed by atoms with Crippen LogP contribution in [-0.4, -0.2) is 66.7 Å². The van der Waals surface area contributed by atoms with E-state index in [-0.39, 0.29) is 24.6 Å². The zero-order valence-corrected chi connectivity index (χ0v) is 16.3. The van der Waals surface area contributed by atoms with Gasteiger partial charge < -0.3 is 24.6 Å². The summed E-state index contributed by atoms with van der Waals surface area (Å²) in [4.78, 5) is 28.5. The van der Waals surface area contributed by atoms with Crippen molar-refractivity contribution in [3.8, 4) is 5.75 Å². The quantitative estimate of drug-likeness (QED) is 0.843. The molecule has 28 heavy (non-hydrogen) atoms. The SMILES string of the molecule is O=C(Nc1ccc(OCC2CCCO2)cc1)N1CCN(C2CCCC2)C(=O)C1. The van der Waals surface area contributed by atoms with Gasteiger partial charge in [0.05, 0.1) is 6.10 Å². The molecular weight excluding hydrogens is 358 g/mol. The van der Waals surface area contributed by atoms with Gasteiger partial charge in [0.15, 0.2) is 0 Å². The minimum Gasteiger partial charge on any atom is -0.491 e. The molecule has 152 valence electrons. The number of nitrogens with zero attached hydrogens (tertiary/aromatic N) is 2. The van der Waals surface area contributed by atoms with Crippen LogP contribution < -0.4 is 10.1 Å². The molecular formula is C21H29N3O4. The minimum atomic E-state index is -0.229. The van der Waals surface area contributed by atoms with Crippen LogP contribution in [0.5, 0.6) is 5.75 Å². The Morgan fingerprint density at radius 1 is 1.11 bits per heavy atom. The summed E-state index contributed by atoms with van der Waals surface area (Å²) < 4.78 is 11.3. The Labute approximate surface area is 166 Å². The lowest BCUT2D eigenvalue weighted by molar-refractivity contribution is -0.137. The van der Waals surface area contributed by atoms with Crippen LogP contribution in [0.25, 0.3) is 0 Å². The van der Waals surface area contributed by atoms with Crippen molar-refractivity contribution in [2.24, 2.45) is 0 Å². The first kappa shape index (κ1) is 19.1. The molecule has 0 radical (unpaired) electrons. The summed E-state index contributed by atoms with van der Waals surface area (Å²) in [7, 11) is 0. The van der Waals surface area contributed by atoms with Gasteiger partial charge in [-0.2, -0.15) is 0 Å². The molecule has 1 aromatic carbocycles. The fourth-order valence-electron chi connectivity index (χ4n) is 4.26. The molecule has 1 aromatic rings. The van der Waals surface area contributed by atoms with Crippen LogP contribution in [0.2, 0.25) is 0 Å². The highest BCUT2D eigenvalue weighted by Gasteiger charge is 2.32. The van der Waals surface area contributed by atoms with Gasteiger partial charge in [0, 0.05) is 31.4 Å². The first-order valence-corrected chi connectivity index (χ1v) is 10.4. The molecule has 1 atom stereocenters. The second-order valence-corrected chi connectivity index (χ2v) is 7.85. The van der Waals surface area contributed by atoms with Crippen LogP contribution in [0, 0.1) is 0 Å². The zero-order chi connectivity index (χ0) is 19.3. The molecule has 0 bridgehead atoms. The van der Waals surface area contributed by atoms with Crippen LogP contribution >= 0.6 is 0 Å². The highest BCUT2D eigenvalue weighted by Crippen LogP contribution is 2.25. The van der Waals surface area contributed by atoms with Gasteiger partial charge in [-0.15, -0.1) is 0 Å². The molecule has 1 unspecified atom stereocenters. The van der Waals surface area contributed by atoms with E-state index in [1.165, 1.54) is 12.8 Å². The standard InChI is InChI=1S/C21H29N3O4/c25-20-14-23(11-12-24(20)17-4-1-2-5-17)21(26)22-16-7-9-18(10-8-16)28-15-19-6-3-13-27-19/h7-10,17,19H,1-6,11-15H2,(H,22,26). The first-order valence-electron chi connectivity index (χ1n) is 10.4. The van der Waals surface area contributed by atoms with E-state index >= 15 is 0 Å². The lowest BCUT2D eigenvalue weighted by Crippen LogP contribution is -2.55. The van der Waals surface area contributed by atoms with E-state index in [2.05, 4.69) is 5.32 Å². The van der Waals surface area contributed by atoms with Crippen molar-refractivity contribution in [1.29, 1.82) is 0 Å². The molecule has 1 saturated carbocycles. The van der Waals surface area contributed by atoms with E-state index < -0.39 is 0 Å². The maximum atomic E-state index is 12.5. The average molecular weight is 387 g/mol. The Bertz CT molecular complexity index is 681. The molecule has 3 fully saturated rings. The Kier molecular flexibility index (Phi) is 6.00. The molecule has 3 aliphatic rings. The van der Waals surface area contributed by atoms with E-state index in [0.29, 0.717) is 31.4 Å². The van der Waals surface area contributed by atoms with Gasteiger partial charge in [-0.25, -0.2) is 4.79 Å². The van der Waals surface area contributed by atoms with Crippen molar-refractivity contribution in [2.75, 3.05) is 38.2 Å². The van der Waals surface area contributed by atoms with Gasteiger partial charge in [0.25, 0.3) is 0 Å². The third-order valence-corrected chi connectivity index (χ3v) is 5.88. The van der Waals surface area contributed by atoms with E-state index in [1.807, 2.05) is 29.2 Å². The molecule has 2 heterocycles. The molecule has 1 N–H and O–H groups in total. The molecule has 7 heteroatoms. The number of carbonyl (C=O) groups excluding carboxylic acids is 2. The Balaban J connectivity index is 1.24. The number of ether oxygens (including phenoxy) is 2. The predicted molar refractivity (Wildman–Crippen MR) is 105 cm³/mol. The molecule has 2 aliphatic heterocycles. The number of hydrogen-bond acceptors (Lipinski definition) is 4. The summed E-state index contributed by atoms with van der Waals surface area (Å²) >= 11 is 0. The first-order chi connectivity index (χ1) is 13.7. The highest BCUT2D eigenvalue weighted by atomic mass is 16.5. The topological polar surface area (TPSA) is 71.1 Å². The number of amides is 3. The number of anilines is 1. The predicted octanol–water partition coefficient (Wildman–Crippen LogP) is 2.86. The van der Waals surface area contributed by atoms with Crippen molar-refractivity contribution in [3.05, 3.63) is 24.3 Å². The van der Waals surface area contributed by atoms with Gasteiger partial charge in [-0.1, -0.05) is 12.8 Å². The minimum absolute atomic E-state index is 0.0613. The largest absolute Gasteiger partial charge is 0.491 e. The number of nitrogens with one attached hydrogen (secondary N) is 1. The van der Waals surface area contributed by atoms with Gasteiger partial charge in [-0.3, -0.25) is 4.79 Å². The zero-order valence-electron chi connectivity index (χ0n) is 16.3. The number of rotatable bonds is 5. The number of piperazine rings is 1. The number of carbonyl (C=O) groups is 2. The van der Waals surface area contributed by atoms with E-state index in [1.54, 1.807) is 4.90 Å². The molecule has 4 rings (SSSR count). The lowest BCUT2D eigenvalue weighted by Gasteiger charge is -2.37. The average Bonchev–Trinajstić information content (AvgIpc) is 3.41. The van der Waals surface area contributed by atoms with Crippen LogP contribution in [0.15, 0.2) is 24.3 Å². The summed E-state index contributed by atoms with van der Waals surface area (Å²) in [6.45, 7) is 2.74. The van der Waals surface area contributed by atoms with Crippen LogP contribution in [0.4, 0.5) is 10.5 Å².